The van der Waals surface area contributed by atoms with Gasteiger partial charge in [0.25, 0.3) is 0 Å². The van der Waals surface area contributed by atoms with Crippen molar-refractivity contribution in [3.8, 4) is 0 Å². The zero-order valence-electron chi connectivity index (χ0n) is 9.75. The lowest BCUT2D eigenvalue weighted by atomic mass is 9.98. The summed E-state index contributed by atoms with van der Waals surface area (Å²) in [5.41, 5.74) is 0.757. The van der Waals surface area contributed by atoms with E-state index in [9.17, 15) is 14.3 Å². The summed E-state index contributed by atoms with van der Waals surface area (Å²) in [5.74, 6) is -2.52. The number of hydrogen-bond acceptors (Lipinski definition) is 3. The summed E-state index contributed by atoms with van der Waals surface area (Å²) in [4.78, 5) is 18.7. The van der Waals surface area contributed by atoms with E-state index < -0.39 is 17.7 Å². The molecule has 0 saturated heterocycles. The van der Waals surface area contributed by atoms with Gasteiger partial charge >= 0.3 is 5.97 Å². The van der Waals surface area contributed by atoms with Gasteiger partial charge in [0.1, 0.15) is 11.7 Å². The Morgan fingerprint density at radius 3 is 2.63 bits per heavy atom. The van der Waals surface area contributed by atoms with E-state index in [1.165, 1.54) is 0 Å². The van der Waals surface area contributed by atoms with E-state index in [1.54, 1.807) is 24.3 Å². The van der Waals surface area contributed by atoms with Crippen LogP contribution in [0.5, 0.6) is 0 Å². The molecule has 4 nitrogen and oxygen atoms in total. The first-order valence-electron chi connectivity index (χ1n) is 5.51. The van der Waals surface area contributed by atoms with E-state index in [0.29, 0.717) is 5.02 Å². The van der Waals surface area contributed by atoms with Crippen molar-refractivity contribution in [2.24, 2.45) is 0 Å². The van der Waals surface area contributed by atoms with Crippen LogP contribution < -0.4 is 0 Å². The van der Waals surface area contributed by atoms with Crippen LogP contribution in [0.25, 0.3) is 0 Å². The molecule has 1 atom stereocenters. The third-order valence-corrected chi connectivity index (χ3v) is 2.81. The van der Waals surface area contributed by atoms with E-state index in [1.807, 2.05) is 0 Å². The predicted molar refractivity (Wildman–Crippen MR) is 67.5 cm³/mol. The van der Waals surface area contributed by atoms with Gasteiger partial charge in [-0.1, -0.05) is 23.7 Å². The number of halogens is 2. The number of carboxylic acids is 1. The molecule has 1 unspecified atom stereocenters. The third-order valence-electron chi connectivity index (χ3n) is 2.58. The summed E-state index contributed by atoms with van der Waals surface area (Å²) in [6.07, 6.45) is 2.11. The first kappa shape index (κ1) is 13.4. The van der Waals surface area contributed by atoms with Gasteiger partial charge in [0, 0.05) is 5.02 Å². The van der Waals surface area contributed by atoms with Crippen LogP contribution >= 0.6 is 11.6 Å². The van der Waals surface area contributed by atoms with Crippen LogP contribution in [0.1, 0.15) is 17.3 Å². The lowest BCUT2D eigenvalue weighted by molar-refractivity contribution is -0.139. The number of aliphatic carboxylic acids is 1. The molecular formula is C13H10ClFN2O2. The van der Waals surface area contributed by atoms with E-state index in [2.05, 4.69) is 9.97 Å². The quantitative estimate of drug-likeness (QED) is 0.935. The van der Waals surface area contributed by atoms with Crippen LogP contribution in [0.4, 0.5) is 4.39 Å². The fourth-order valence-electron chi connectivity index (χ4n) is 1.69. The lowest BCUT2D eigenvalue weighted by Gasteiger charge is -2.11. The Balaban J connectivity index is 2.26. The van der Waals surface area contributed by atoms with Gasteiger partial charge in [-0.05, 0) is 24.1 Å². The van der Waals surface area contributed by atoms with Crippen LogP contribution in [0.2, 0.25) is 5.02 Å². The standard InChI is InChI=1S/C13H10ClFN2O2/c14-9-3-1-2-8(4-9)5-11(13(18)19)12-16-6-10(15)7-17-12/h1-4,6-7,11H,5H2,(H,18,19). The summed E-state index contributed by atoms with van der Waals surface area (Å²) in [7, 11) is 0. The minimum absolute atomic E-state index is 0.0777. The van der Waals surface area contributed by atoms with Crippen molar-refractivity contribution in [2.75, 3.05) is 0 Å². The SMILES string of the molecule is O=C(O)C(Cc1cccc(Cl)c1)c1ncc(F)cn1. The van der Waals surface area contributed by atoms with Crippen molar-refractivity contribution in [3.63, 3.8) is 0 Å². The lowest BCUT2D eigenvalue weighted by Crippen LogP contribution is -2.17. The van der Waals surface area contributed by atoms with Crippen LogP contribution in [-0.2, 0) is 11.2 Å². The molecule has 2 rings (SSSR count). The van der Waals surface area contributed by atoms with Gasteiger partial charge in [-0.3, -0.25) is 4.79 Å². The molecule has 1 N–H and O–H groups in total. The third kappa shape index (κ3) is 3.48. The molecule has 0 bridgehead atoms. The van der Waals surface area contributed by atoms with Gasteiger partial charge in [-0.2, -0.15) is 0 Å². The fourth-order valence-corrected chi connectivity index (χ4v) is 1.90. The highest BCUT2D eigenvalue weighted by molar-refractivity contribution is 6.30. The van der Waals surface area contributed by atoms with Crippen molar-refractivity contribution < 1.29 is 14.3 Å². The molecule has 0 fully saturated rings. The van der Waals surface area contributed by atoms with Gasteiger partial charge in [0.2, 0.25) is 0 Å². The molecule has 2 aromatic rings. The molecule has 0 aliphatic carbocycles. The highest BCUT2D eigenvalue weighted by atomic mass is 35.5. The highest BCUT2D eigenvalue weighted by Crippen LogP contribution is 2.20. The molecule has 0 amide bonds. The van der Waals surface area contributed by atoms with Crippen LogP contribution in [0, 0.1) is 5.82 Å². The zero-order chi connectivity index (χ0) is 13.8. The minimum atomic E-state index is -1.06. The number of nitrogens with zero attached hydrogens (tertiary/aromatic N) is 2. The molecule has 6 heteroatoms. The topological polar surface area (TPSA) is 63.1 Å². The van der Waals surface area contributed by atoms with Gasteiger partial charge < -0.3 is 5.11 Å². The minimum Gasteiger partial charge on any atom is -0.481 e. The van der Waals surface area contributed by atoms with E-state index in [4.69, 9.17) is 11.6 Å². The second kappa shape index (κ2) is 5.75. The van der Waals surface area contributed by atoms with Crippen molar-refractivity contribution in [2.45, 2.75) is 12.3 Å². The molecule has 1 aromatic carbocycles. The molecule has 0 radical (unpaired) electrons. The summed E-state index contributed by atoms with van der Waals surface area (Å²) in [6, 6.07) is 6.89. The Hall–Kier alpha value is -2.01. The molecule has 0 aliphatic heterocycles. The summed E-state index contributed by atoms with van der Waals surface area (Å²) in [6.45, 7) is 0. The number of carbonyl (C=O) groups is 1. The van der Waals surface area contributed by atoms with Gasteiger partial charge in [-0.25, -0.2) is 14.4 Å². The van der Waals surface area contributed by atoms with E-state index in [-0.39, 0.29) is 12.2 Å². The predicted octanol–water partition coefficient (Wildman–Crippen LogP) is 2.68. The second-order valence-electron chi connectivity index (χ2n) is 3.98. The summed E-state index contributed by atoms with van der Waals surface area (Å²) < 4.78 is 12.7. The van der Waals surface area contributed by atoms with Crippen molar-refractivity contribution in [1.82, 2.24) is 9.97 Å². The van der Waals surface area contributed by atoms with Crippen LogP contribution in [-0.4, -0.2) is 21.0 Å². The second-order valence-corrected chi connectivity index (χ2v) is 4.42. The molecular weight excluding hydrogens is 271 g/mol. The number of hydrogen-bond donors (Lipinski definition) is 1. The normalized spacial score (nSPS) is 12.1. The Morgan fingerprint density at radius 1 is 1.37 bits per heavy atom. The monoisotopic (exact) mass is 280 g/mol. The highest BCUT2D eigenvalue weighted by Gasteiger charge is 2.23. The average molecular weight is 281 g/mol. The molecule has 1 heterocycles. The molecule has 0 saturated carbocycles. The summed E-state index contributed by atoms with van der Waals surface area (Å²) in [5, 5.41) is 9.75. The fraction of sp³-hybridized carbons (Fsp3) is 0.154. The Bertz CT molecular complexity index is 589. The van der Waals surface area contributed by atoms with E-state index >= 15 is 0 Å². The Morgan fingerprint density at radius 2 is 2.05 bits per heavy atom. The maximum Gasteiger partial charge on any atom is 0.314 e. The first-order valence-corrected chi connectivity index (χ1v) is 5.89. The van der Waals surface area contributed by atoms with Gasteiger partial charge in [0.05, 0.1) is 12.4 Å². The number of carboxylic acid groups (broad SMARTS) is 1. The van der Waals surface area contributed by atoms with Crippen LogP contribution in [0.3, 0.4) is 0 Å². The van der Waals surface area contributed by atoms with Crippen molar-refractivity contribution in [3.05, 3.63) is 58.9 Å². The molecule has 0 spiro atoms. The first-order chi connectivity index (χ1) is 9.06. The summed E-state index contributed by atoms with van der Waals surface area (Å²) >= 11 is 5.85. The van der Waals surface area contributed by atoms with Crippen molar-refractivity contribution in [1.29, 1.82) is 0 Å². The van der Waals surface area contributed by atoms with Gasteiger partial charge in [-0.15, -0.1) is 0 Å². The molecule has 19 heavy (non-hydrogen) atoms. The molecule has 1 aromatic heterocycles. The maximum atomic E-state index is 12.7. The Labute approximate surface area is 113 Å². The number of benzene rings is 1. The van der Waals surface area contributed by atoms with Crippen LogP contribution in [0.15, 0.2) is 36.7 Å². The Kier molecular flexibility index (Phi) is 4.06. The van der Waals surface area contributed by atoms with E-state index in [0.717, 1.165) is 18.0 Å². The number of aromatic nitrogens is 2. The smallest absolute Gasteiger partial charge is 0.314 e. The van der Waals surface area contributed by atoms with Crippen molar-refractivity contribution >= 4 is 17.6 Å². The largest absolute Gasteiger partial charge is 0.481 e. The number of rotatable bonds is 4. The zero-order valence-corrected chi connectivity index (χ0v) is 10.5. The average Bonchev–Trinajstić information content (AvgIpc) is 2.37. The maximum absolute atomic E-state index is 12.7. The molecule has 0 aliphatic rings. The van der Waals surface area contributed by atoms with Gasteiger partial charge in [0.15, 0.2) is 5.82 Å². The molecule has 98 valence electrons.